The van der Waals surface area contributed by atoms with Gasteiger partial charge in [-0.05, 0) is 35.8 Å². The molecule has 0 bridgehead atoms. The predicted octanol–water partition coefficient (Wildman–Crippen LogP) is 3.71. The first-order chi connectivity index (χ1) is 19.3. The summed E-state index contributed by atoms with van der Waals surface area (Å²) in [6.45, 7) is 7.80. The Morgan fingerprint density at radius 1 is 0.875 bits per heavy atom. The van der Waals surface area contributed by atoms with E-state index in [0.717, 1.165) is 26.8 Å². The van der Waals surface area contributed by atoms with E-state index in [0.29, 0.717) is 29.4 Å². The van der Waals surface area contributed by atoms with E-state index >= 15 is 0 Å². The molecule has 0 amide bonds. The van der Waals surface area contributed by atoms with Crippen LogP contribution in [0.4, 0.5) is 0 Å². The number of benzene rings is 2. The molecule has 5 rings (SSSR count). The van der Waals surface area contributed by atoms with Crippen molar-refractivity contribution in [3.05, 3.63) is 80.8 Å². The van der Waals surface area contributed by atoms with E-state index in [9.17, 15) is 9.59 Å². The number of fused-ring (bicyclic) bond motifs is 1. The second-order valence-electron chi connectivity index (χ2n) is 9.86. The van der Waals surface area contributed by atoms with Gasteiger partial charge in [-0.1, -0.05) is 62.4 Å². The number of ether oxygens (including phenoxy) is 2. The normalized spacial score (nSPS) is 13.3. The Balaban J connectivity index is 1.64. The number of aromatic nitrogens is 8. The molecule has 0 fully saturated rings. The van der Waals surface area contributed by atoms with Crippen molar-refractivity contribution in [3.8, 4) is 22.5 Å². The SMILES string of the molecule is COC(C)n1c(=O)c2c(nc(C(C)C)n2Cc2ccc(-c3ccccc3-c3nn[nH]n3)cc2)n(C(C)OC)c1=O. The van der Waals surface area contributed by atoms with Crippen molar-refractivity contribution in [1.29, 1.82) is 0 Å². The minimum atomic E-state index is -0.774. The van der Waals surface area contributed by atoms with Gasteiger partial charge in [-0.25, -0.2) is 18.9 Å². The van der Waals surface area contributed by atoms with Gasteiger partial charge < -0.3 is 14.0 Å². The van der Waals surface area contributed by atoms with Gasteiger partial charge in [0.2, 0.25) is 5.82 Å². The van der Waals surface area contributed by atoms with Crippen LogP contribution in [-0.2, 0) is 16.0 Å². The molecule has 208 valence electrons. The van der Waals surface area contributed by atoms with Crippen LogP contribution in [0.25, 0.3) is 33.7 Å². The number of nitrogens with one attached hydrogen (secondary N) is 1. The maximum atomic E-state index is 13.8. The smallest absolute Gasteiger partial charge is 0.337 e. The molecule has 2 atom stereocenters. The Hall–Kier alpha value is -4.42. The van der Waals surface area contributed by atoms with Crippen LogP contribution in [-0.4, -0.2) is 53.5 Å². The zero-order valence-corrected chi connectivity index (χ0v) is 23.3. The highest BCUT2D eigenvalue weighted by molar-refractivity contribution is 5.80. The largest absolute Gasteiger partial charge is 0.361 e. The minimum Gasteiger partial charge on any atom is -0.361 e. The Labute approximate surface area is 230 Å². The monoisotopic (exact) mass is 544 g/mol. The van der Waals surface area contributed by atoms with Crippen LogP contribution < -0.4 is 11.2 Å². The Morgan fingerprint density at radius 3 is 2.12 bits per heavy atom. The molecule has 1 N–H and O–H groups in total. The van der Waals surface area contributed by atoms with Gasteiger partial charge in [0.05, 0.1) is 0 Å². The second-order valence-corrected chi connectivity index (χ2v) is 9.86. The van der Waals surface area contributed by atoms with Crippen molar-refractivity contribution in [3.63, 3.8) is 0 Å². The van der Waals surface area contributed by atoms with Gasteiger partial charge in [0.15, 0.2) is 11.2 Å². The zero-order chi connectivity index (χ0) is 28.6. The highest BCUT2D eigenvalue weighted by atomic mass is 16.5. The third-order valence-corrected chi connectivity index (χ3v) is 7.09. The fraction of sp³-hybridized carbons (Fsp3) is 0.357. The summed E-state index contributed by atoms with van der Waals surface area (Å²) < 4.78 is 15.3. The zero-order valence-electron chi connectivity index (χ0n) is 23.3. The third-order valence-electron chi connectivity index (χ3n) is 7.09. The van der Waals surface area contributed by atoms with Gasteiger partial charge in [-0.2, -0.15) is 5.21 Å². The summed E-state index contributed by atoms with van der Waals surface area (Å²) in [5, 5.41) is 14.4. The standard InChI is InChI=1S/C28H32N8O4/c1-16(2)25-29-26-23(27(37)36(18(4)40-6)28(38)35(26)17(3)39-5)34(25)15-19-11-13-20(14-12-19)21-9-7-8-10-22(21)24-30-32-33-31-24/h7-14,16-18H,15H2,1-6H3,(H,30,31,32,33). The summed E-state index contributed by atoms with van der Waals surface area (Å²) in [5.74, 6) is 1.20. The van der Waals surface area contributed by atoms with Gasteiger partial charge >= 0.3 is 5.69 Å². The van der Waals surface area contributed by atoms with Crippen LogP contribution in [0.5, 0.6) is 0 Å². The molecule has 0 aliphatic rings. The first-order valence-corrected chi connectivity index (χ1v) is 13.0. The number of hydrogen-bond acceptors (Lipinski definition) is 8. The topological polar surface area (TPSA) is 135 Å². The lowest BCUT2D eigenvalue weighted by atomic mass is 9.98. The molecule has 12 nitrogen and oxygen atoms in total. The highest BCUT2D eigenvalue weighted by Gasteiger charge is 2.26. The summed E-state index contributed by atoms with van der Waals surface area (Å²) in [4.78, 5) is 32.0. The van der Waals surface area contributed by atoms with Crippen LogP contribution in [0.1, 0.15) is 57.5 Å². The quantitative estimate of drug-likeness (QED) is 0.297. The van der Waals surface area contributed by atoms with Gasteiger partial charge in [0.1, 0.15) is 18.3 Å². The number of tetrazole rings is 1. The van der Waals surface area contributed by atoms with Crippen molar-refractivity contribution in [1.82, 2.24) is 39.3 Å². The summed E-state index contributed by atoms with van der Waals surface area (Å²) in [6, 6.07) is 15.9. The van der Waals surface area contributed by atoms with E-state index < -0.39 is 23.7 Å². The molecule has 40 heavy (non-hydrogen) atoms. The molecular weight excluding hydrogens is 512 g/mol. The van der Waals surface area contributed by atoms with E-state index in [-0.39, 0.29) is 5.92 Å². The van der Waals surface area contributed by atoms with Crippen molar-refractivity contribution in [2.24, 2.45) is 0 Å². The second kappa shape index (κ2) is 11.0. The van der Waals surface area contributed by atoms with E-state index in [1.165, 1.54) is 18.8 Å². The lowest BCUT2D eigenvalue weighted by Crippen LogP contribution is -2.43. The fourth-order valence-corrected chi connectivity index (χ4v) is 4.88. The van der Waals surface area contributed by atoms with Crippen molar-refractivity contribution >= 4 is 11.2 Å². The van der Waals surface area contributed by atoms with Gasteiger partial charge in [-0.15, -0.1) is 10.2 Å². The van der Waals surface area contributed by atoms with Crippen LogP contribution in [0, 0.1) is 0 Å². The van der Waals surface area contributed by atoms with Gasteiger partial charge in [-0.3, -0.25) is 4.79 Å². The van der Waals surface area contributed by atoms with E-state index in [2.05, 4.69) is 20.6 Å². The maximum absolute atomic E-state index is 13.8. The van der Waals surface area contributed by atoms with Crippen molar-refractivity contribution in [2.45, 2.75) is 52.6 Å². The molecule has 0 saturated heterocycles. The van der Waals surface area contributed by atoms with Crippen LogP contribution in [0.3, 0.4) is 0 Å². The molecule has 5 aromatic rings. The average molecular weight is 545 g/mol. The van der Waals surface area contributed by atoms with Gasteiger partial charge in [0.25, 0.3) is 5.56 Å². The predicted molar refractivity (Wildman–Crippen MR) is 150 cm³/mol. The number of imidazole rings is 1. The van der Waals surface area contributed by atoms with E-state index in [4.69, 9.17) is 14.5 Å². The van der Waals surface area contributed by atoms with Crippen molar-refractivity contribution in [2.75, 3.05) is 14.2 Å². The Bertz CT molecular complexity index is 1750. The number of methoxy groups -OCH3 is 2. The minimum absolute atomic E-state index is 0.0115. The molecule has 0 spiro atoms. The molecule has 2 unspecified atom stereocenters. The summed E-state index contributed by atoms with van der Waals surface area (Å²) >= 11 is 0. The molecule has 3 aromatic heterocycles. The molecule has 2 aromatic carbocycles. The summed E-state index contributed by atoms with van der Waals surface area (Å²) in [7, 11) is 2.97. The lowest BCUT2D eigenvalue weighted by molar-refractivity contribution is 0.0374. The number of hydrogen-bond donors (Lipinski definition) is 1. The first-order valence-electron chi connectivity index (χ1n) is 13.0. The number of rotatable bonds is 9. The molecule has 0 radical (unpaired) electrons. The molecule has 3 heterocycles. The van der Waals surface area contributed by atoms with E-state index in [1.54, 1.807) is 13.8 Å². The maximum Gasteiger partial charge on any atom is 0.337 e. The molecular formula is C28H32N8O4. The lowest BCUT2D eigenvalue weighted by Gasteiger charge is -2.19. The summed E-state index contributed by atoms with van der Waals surface area (Å²) in [5.41, 5.74) is 3.41. The van der Waals surface area contributed by atoms with Crippen LogP contribution in [0.2, 0.25) is 0 Å². The Morgan fingerprint density at radius 2 is 1.52 bits per heavy atom. The van der Waals surface area contributed by atoms with Gasteiger partial charge in [0, 0.05) is 32.2 Å². The number of nitrogens with zero attached hydrogens (tertiary/aromatic N) is 7. The number of aromatic amines is 1. The molecule has 12 heteroatoms. The van der Waals surface area contributed by atoms with Crippen LogP contribution in [0.15, 0.2) is 58.1 Å². The van der Waals surface area contributed by atoms with Crippen LogP contribution >= 0.6 is 0 Å². The van der Waals surface area contributed by atoms with E-state index in [1.807, 2.05) is 66.9 Å². The van der Waals surface area contributed by atoms with Crippen molar-refractivity contribution < 1.29 is 9.47 Å². The molecule has 0 aliphatic carbocycles. The third kappa shape index (κ3) is 4.65. The number of H-pyrrole nitrogens is 1. The molecule has 0 saturated carbocycles. The Kier molecular flexibility index (Phi) is 7.46. The molecule has 0 aliphatic heterocycles. The first kappa shape index (κ1) is 27.2. The summed E-state index contributed by atoms with van der Waals surface area (Å²) in [6.07, 6.45) is -1.42. The average Bonchev–Trinajstić information content (AvgIpc) is 3.62. The highest BCUT2D eigenvalue weighted by Crippen LogP contribution is 2.30. The fourth-order valence-electron chi connectivity index (χ4n) is 4.88.